The highest BCUT2D eigenvalue weighted by atomic mass is 32.1. The van der Waals surface area contributed by atoms with Gasteiger partial charge in [-0.2, -0.15) is 13.2 Å². The normalized spacial score (nSPS) is 16.2. The molecule has 0 bridgehead atoms. The van der Waals surface area contributed by atoms with E-state index >= 15 is 0 Å². The molecule has 1 aromatic carbocycles. The van der Waals surface area contributed by atoms with Crippen molar-refractivity contribution in [2.75, 3.05) is 11.9 Å². The lowest BCUT2D eigenvalue weighted by Crippen LogP contribution is -2.29. The van der Waals surface area contributed by atoms with Crippen molar-refractivity contribution in [3.63, 3.8) is 0 Å². The highest BCUT2D eigenvalue weighted by Gasteiger charge is 2.49. The van der Waals surface area contributed by atoms with Crippen LogP contribution in [0.1, 0.15) is 64.4 Å². The van der Waals surface area contributed by atoms with Gasteiger partial charge in [0.15, 0.2) is 0 Å². The smallest absolute Gasteiger partial charge is 0.359 e. The third-order valence-corrected chi connectivity index (χ3v) is 6.33. The van der Waals surface area contributed by atoms with Crippen LogP contribution in [0.4, 0.5) is 22.6 Å². The number of thiophene rings is 1. The number of carbonyl (C=O) groups is 2. The highest BCUT2D eigenvalue weighted by Crippen LogP contribution is 2.54. The van der Waals surface area contributed by atoms with E-state index in [0.29, 0.717) is 16.5 Å². The fourth-order valence-electron chi connectivity index (χ4n) is 3.85. The van der Waals surface area contributed by atoms with Crippen LogP contribution in [-0.2, 0) is 22.1 Å². The second-order valence-corrected chi connectivity index (χ2v) is 9.15. The van der Waals surface area contributed by atoms with Gasteiger partial charge in [0.05, 0.1) is 34.4 Å². The van der Waals surface area contributed by atoms with Crippen molar-refractivity contribution in [2.45, 2.75) is 45.1 Å². The molecule has 2 aromatic rings. The molecule has 5 nitrogen and oxygen atoms in total. The number of nitrogens with one attached hydrogen (secondary N) is 2. The maximum Gasteiger partial charge on any atom is 0.417 e. The van der Waals surface area contributed by atoms with Gasteiger partial charge in [0, 0.05) is 10.4 Å². The lowest BCUT2D eigenvalue weighted by atomic mass is 9.93. The van der Waals surface area contributed by atoms with Crippen LogP contribution < -0.4 is 10.6 Å². The standard InChI is InChI=1S/C22H20F4N2O3S/c1-6-10-27-17(29)14-15-16(21(4,5)31-20(15,2)3)32-19(14)28-18(30)13-11(22(24,25)26)8-7-9-12(13)23/h1,7-9H,10H2,2-5H3,(H,27,29)(H,28,30). The van der Waals surface area contributed by atoms with Crippen LogP contribution in [0, 0.1) is 18.2 Å². The third-order valence-electron chi connectivity index (χ3n) is 4.92. The van der Waals surface area contributed by atoms with Crippen LogP contribution in [0.2, 0.25) is 0 Å². The van der Waals surface area contributed by atoms with E-state index in [1.54, 1.807) is 27.7 Å². The molecule has 0 fully saturated rings. The summed E-state index contributed by atoms with van der Waals surface area (Å²) in [4.78, 5) is 26.3. The molecule has 0 saturated carbocycles. The first-order chi connectivity index (χ1) is 14.7. The molecule has 1 aliphatic rings. The number of fused-ring (bicyclic) bond motifs is 1. The van der Waals surface area contributed by atoms with Gasteiger partial charge in [-0.25, -0.2) is 4.39 Å². The number of benzene rings is 1. The number of anilines is 1. The van der Waals surface area contributed by atoms with Gasteiger partial charge in [-0.3, -0.25) is 9.59 Å². The minimum Gasteiger partial charge on any atom is -0.359 e. The predicted molar refractivity (Wildman–Crippen MR) is 112 cm³/mol. The zero-order valence-corrected chi connectivity index (χ0v) is 18.5. The summed E-state index contributed by atoms with van der Waals surface area (Å²) < 4.78 is 60.4. The molecule has 2 amide bonds. The molecule has 3 rings (SSSR count). The monoisotopic (exact) mass is 468 g/mol. The zero-order chi connectivity index (χ0) is 24.1. The molecule has 0 saturated heterocycles. The highest BCUT2D eigenvalue weighted by molar-refractivity contribution is 7.17. The largest absolute Gasteiger partial charge is 0.417 e. The molecule has 0 unspecified atom stereocenters. The summed E-state index contributed by atoms with van der Waals surface area (Å²) in [7, 11) is 0. The molecule has 0 radical (unpaired) electrons. The molecular formula is C22H20F4N2O3S. The van der Waals surface area contributed by atoms with Crippen LogP contribution >= 0.6 is 11.3 Å². The van der Waals surface area contributed by atoms with E-state index < -0.39 is 46.1 Å². The topological polar surface area (TPSA) is 67.4 Å². The zero-order valence-electron chi connectivity index (χ0n) is 17.7. The molecular weight excluding hydrogens is 448 g/mol. The number of halogens is 4. The summed E-state index contributed by atoms with van der Waals surface area (Å²) in [5.74, 6) is -1.02. The molecule has 0 atom stereocenters. The second-order valence-electron chi connectivity index (χ2n) is 8.13. The lowest BCUT2D eigenvalue weighted by Gasteiger charge is -2.26. The summed E-state index contributed by atoms with van der Waals surface area (Å²) in [5, 5.41) is 4.80. The van der Waals surface area contributed by atoms with Crippen molar-refractivity contribution in [1.29, 1.82) is 0 Å². The first kappa shape index (κ1) is 23.8. The van der Waals surface area contributed by atoms with Crippen molar-refractivity contribution in [3.8, 4) is 12.3 Å². The van der Waals surface area contributed by atoms with Crippen molar-refractivity contribution in [1.82, 2.24) is 5.32 Å². The van der Waals surface area contributed by atoms with E-state index in [2.05, 4.69) is 16.6 Å². The molecule has 0 spiro atoms. The van der Waals surface area contributed by atoms with Crippen molar-refractivity contribution in [2.24, 2.45) is 0 Å². The van der Waals surface area contributed by atoms with Gasteiger partial charge in [-0.15, -0.1) is 17.8 Å². The van der Waals surface area contributed by atoms with E-state index in [-0.39, 0.29) is 17.1 Å². The minimum absolute atomic E-state index is 0.0182. The van der Waals surface area contributed by atoms with E-state index in [0.717, 1.165) is 23.5 Å². The first-order valence-corrected chi connectivity index (χ1v) is 10.3. The number of ether oxygens (including phenoxy) is 1. The fourth-order valence-corrected chi connectivity index (χ4v) is 5.23. The van der Waals surface area contributed by atoms with Gasteiger partial charge < -0.3 is 15.4 Å². The number of alkyl halides is 3. The summed E-state index contributed by atoms with van der Waals surface area (Å²) >= 11 is 0.989. The second kappa shape index (κ2) is 7.90. The van der Waals surface area contributed by atoms with Crippen LogP contribution in [0.5, 0.6) is 0 Å². The summed E-state index contributed by atoms with van der Waals surface area (Å²) in [6.07, 6.45) is 0.256. The Bertz CT molecular complexity index is 1140. The number of hydrogen-bond acceptors (Lipinski definition) is 4. The molecule has 0 aliphatic carbocycles. The van der Waals surface area contributed by atoms with E-state index in [1.807, 2.05) is 0 Å². The van der Waals surface area contributed by atoms with E-state index in [1.165, 1.54) is 0 Å². The third kappa shape index (κ3) is 4.10. The van der Waals surface area contributed by atoms with Crippen molar-refractivity contribution >= 4 is 28.2 Å². The Balaban J connectivity index is 2.14. The van der Waals surface area contributed by atoms with Crippen LogP contribution in [0.15, 0.2) is 18.2 Å². The number of carbonyl (C=O) groups excluding carboxylic acids is 2. The van der Waals surface area contributed by atoms with Gasteiger partial charge in [-0.1, -0.05) is 12.0 Å². The summed E-state index contributed by atoms with van der Waals surface area (Å²) in [6.45, 7) is 6.90. The van der Waals surface area contributed by atoms with Crippen LogP contribution in [0.25, 0.3) is 0 Å². The molecule has 32 heavy (non-hydrogen) atoms. The number of hydrogen-bond donors (Lipinski definition) is 2. The van der Waals surface area contributed by atoms with Gasteiger partial charge in [-0.05, 0) is 39.8 Å². The van der Waals surface area contributed by atoms with Gasteiger partial charge >= 0.3 is 6.18 Å². The average Bonchev–Trinajstić information content (AvgIpc) is 3.12. The SMILES string of the molecule is C#CCNC(=O)c1c(NC(=O)c2c(F)cccc2C(F)(F)F)sc2c1C(C)(C)OC2(C)C. The quantitative estimate of drug-likeness (QED) is 0.489. The maximum absolute atomic E-state index is 14.3. The number of amides is 2. The maximum atomic E-state index is 14.3. The van der Waals surface area contributed by atoms with Crippen LogP contribution in [-0.4, -0.2) is 18.4 Å². The Morgan fingerprint density at radius 2 is 1.78 bits per heavy atom. The molecule has 1 aliphatic heterocycles. The molecule has 1 aromatic heterocycles. The van der Waals surface area contributed by atoms with Crippen molar-refractivity contribution < 1.29 is 31.9 Å². The lowest BCUT2D eigenvalue weighted by molar-refractivity contribution is -0.138. The van der Waals surface area contributed by atoms with E-state index in [4.69, 9.17) is 11.2 Å². The van der Waals surface area contributed by atoms with Crippen LogP contribution in [0.3, 0.4) is 0 Å². The Morgan fingerprint density at radius 1 is 1.12 bits per heavy atom. The van der Waals surface area contributed by atoms with Gasteiger partial charge in [0.1, 0.15) is 10.8 Å². The summed E-state index contributed by atoms with van der Waals surface area (Å²) in [5.41, 5.74) is -3.82. The Labute approximate surface area is 186 Å². The fraction of sp³-hybridized carbons (Fsp3) is 0.364. The molecule has 10 heteroatoms. The number of terminal acetylenes is 1. The summed E-state index contributed by atoms with van der Waals surface area (Å²) in [6, 6.07) is 2.25. The predicted octanol–water partition coefficient (Wildman–Crippen LogP) is 5.02. The Hall–Kier alpha value is -2.90. The first-order valence-electron chi connectivity index (χ1n) is 9.47. The molecule has 2 heterocycles. The average molecular weight is 468 g/mol. The van der Waals surface area contributed by atoms with Crippen molar-refractivity contribution in [3.05, 3.63) is 51.1 Å². The van der Waals surface area contributed by atoms with E-state index in [9.17, 15) is 27.2 Å². The molecule has 2 N–H and O–H groups in total. The number of rotatable bonds is 4. The Morgan fingerprint density at radius 3 is 2.38 bits per heavy atom. The Kier molecular flexibility index (Phi) is 5.87. The van der Waals surface area contributed by atoms with Gasteiger partial charge in [0.2, 0.25) is 0 Å². The van der Waals surface area contributed by atoms with Gasteiger partial charge in [0.25, 0.3) is 11.8 Å². The molecule has 170 valence electrons. The minimum atomic E-state index is -4.95.